The van der Waals surface area contributed by atoms with Gasteiger partial charge in [0.25, 0.3) is 0 Å². The number of aliphatic imine (C=N–C) groups is 1. The number of hydrogen-bond donors (Lipinski definition) is 0. The molecule has 0 amide bonds. The normalized spacial score (nSPS) is 10.4. The van der Waals surface area contributed by atoms with E-state index in [0.29, 0.717) is 5.56 Å². The summed E-state index contributed by atoms with van der Waals surface area (Å²) in [5.41, 5.74) is 3.81. The third-order valence-corrected chi connectivity index (χ3v) is 2.44. The molecule has 0 spiro atoms. The lowest BCUT2D eigenvalue weighted by Gasteiger charge is -1.95. The summed E-state index contributed by atoms with van der Waals surface area (Å²) in [5.74, 6) is 0. The summed E-state index contributed by atoms with van der Waals surface area (Å²) in [4.78, 5) is 4.35. The van der Waals surface area contributed by atoms with Crippen LogP contribution in [-0.4, -0.2) is 6.21 Å². The van der Waals surface area contributed by atoms with E-state index in [4.69, 9.17) is 5.26 Å². The molecule has 0 saturated carbocycles. The lowest BCUT2D eigenvalue weighted by molar-refractivity contribution is 1.45. The smallest absolute Gasteiger partial charge is 0.0991 e. The van der Waals surface area contributed by atoms with E-state index in [1.165, 1.54) is 5.56 Å². The lowest BCUT2D eigenvalue weighted by Crippen LogP contribution is -1.80. The van der Waals surface area contributed by atoms with Gasteiger partial charge >= 0.3 is 0 Å². The van der Waals surface area contributed by atoms with Gasteiger partial charge in [-0.1, -0.05) is 29.8 Å². The highest BCUT2D eigenvalue weighted by Crippen LogP contribution is 2.12. The van der Waals surface area contributed by atoms with Gasteiger partial charge in [-0.05, 0) is 36.8 Å². The quantitative estimate of drug-likeness (QED) is 0.712. The van der Waals surface area contributed by atoms with E-state index in [0.717, 1.165) is 11.3 Å². The minimum absolute atomic E-state index is 0.652. The fourth-order valence-electron chi connectivity index (χ4n) is 1.42. The molecule has 0 aromatic heterocycles. The second-order valence-corrected chi connectivity index (χ2v) is 3.83. The topological polar surface area (TPSA) is 36.1 Å². The highest BCUT2D eigenvalue weighted by atomic mass is 14.7. The monoisotopic (exact) mass is 220 g/mol. The van der Waals surface area contributed by atoms with Crippen LogP contribution in [0.1, 0.15) is 16.7 Å². The maximum absolute atomic E-state index is 8.67. The van der Waals surface area contributed by atoms with Crippen molar-refractivity contribution in [2.75, 3.05) is 0 Å². The van der Waals surface area contributed by atoms with Gasteiger partial charge in [-0.3, -0.25) is 4.99 Å². The first-order chi connectivity index (χ1) is 8.28. The number of rotatable bonds is 2. The Morgan fingerprint density at radius 2 is 1.65 bits per heavy atom. The van der Waals surface area contributed by atoms with Gasteiger partial charge in [-0.2, -0.15) is 5.26 Å². The summed E-state index contributed by atoms with van der Waals surface area (Å²) >= 11 is 0. The van der Waals surface area contributed by atoms with E-state index in [1.807, 2.05) is 30.5 Å². The van der Waals surface area contributed by atoms with Crippen molar-refractivity contribution in [2.45, 2.75) is 6.92 Å². The van der Waals surface area contributed by atoms with Crippen LogP contribution in [0.25, 0.3) is 0 Å². The third kappa shape index (κ3) is 3.02. The predicted octanol–water partition coefficient (Wildman–Crippen LogP) is 3.62. The molecule has 2 rings (SSSR count). The van der Waals surface area contributed by atoms with E-state index < -0.39 is 0 Å². The molecule has 0 unspecified atom stereocenters. The first-order valence-corrected chi connectivity index (χ1v) is 5.39. The Hall–Kier alpha value is -2.40. The summed E-state index contributed by atoms with van der Waals surface area (Å²) in [6, 6.07) is 17.5. The summed E-state index contributed by atoms with van der Waals surface area (Å²) in [7, 11) is 0. The fourth-order valence-corrected chi connectivity index (χ4v) is 1.42. The molecule has 0 bridgehead atoms. The van der Waals surface area contributed by atoms with Gasteiger partial charge in [0.15, 0.2) is 0 Å². The Morgan fingerprint density at radius 3 is 2.24 bits per heavy atom. The van der Waals surface area contributed by atoms with E-state index in [1.54, 1.807) is 12.1 Å². The molecule has 17 heavy (non-hydrogen) atoms. The Bertz CT molecular complexity index is 557. The molecule has 0 aliphatic heterocycles. The van der Waals surface area contributed by atoms with Crippen molar-refractivity contribution in [1.82, 2.24) is 0 Å². The summed E-state index contributed by atoms with van der Waals surface area (Å²) in [6.07, 6.45) is 1.82. The van der Waals surface area contributed by atoms with Crippen LogP contribution in [0.5, 0.6) is 0 Å². The number of aryl methyl sites for hydroxylation is 1. The van der Waals surface area contributed by atoms with E-state index >= 15 is 0 Å². The van der Waals surface area contributed by atoms with Crippen molar-refractivity contribution < 1.29 is 0 Å². The lowest BCUT2D eigenvalue weighted by atomic mass is 10.2. The van der Waals surface area contributed by atoms with Crippen LogP contribution in [-0.2, 0) is 0 Å². The molecule has 2 heteroatoms. The molecular formula is C15H12N2. The minimum atomic E-state index is 0.652. The molecule has 0 aliphatic rings. The summed E-state index contributed by atoms with van der Waals surface area (Å²) in [5, 5.41) is 8.67. The predicted molar refractivity (Wildman–Crippen MR) is 69.6 cm³/mol. The number of nitrogens with zero attached hydrogens (tertiary/aromatic N) is 2. The fraction of sp³-hybridized carbons (Fsp3) is 0.0667. The van der Waals surface area contributed by atoms with Crippen molar-refractivity contribution in [3.63, 3.8) is 0 Å². The summed E-state index contributed by atoms with van der Waals surface area (Å²) in [6.45, 7) is 2.06. The molecule has 0 radical (unpaired) electrons. The van der Waals surface area contributed by atoms with Crippen LogP contribution in [0.2, 0.25) is 0 Å². The van der Waals surface area contributed by atoms with Gasteiger partial charge in [-0.15, -0.1) is 0 Å². The molecule has 0 atom stereocenters. The van der Waals surface area contributed by atoms with Gasteiger partial charge in [0.2, 0.25) is 0 Å². The van der Waals surface area contributed by atoms with Crippen molar-refractivity contribution in [3.05, 3.63) is 65.2 Å². The molecule has 2 aromatic carbocycles. The molecule has 0 heterocycles. The van der Waals surface area contributed by atoms with Crippen LogP contribution < -0.4 is 0 Å². The molecule has 0 saturated heterocycles. The van der Waals surface area contributed by atoms with Gasteiger partial charge < -0.3 is 0 Å². The summed E-state index contributed by atoms with van der Waals surface area (Å²) < 4.78 is 0. The Balaban J connectivity index is 2.14. The Morgan fingerprint density at radius 1 is 1.00 bits per heavy atom. The molecule has 0 N–H and O–H groups in total. The molecule has 2 aromatic rings. The first kappa shape index (κ1) is 11.1. The van der Waals surface area contributed by atoms with Crippen molar-refractivity contribution in [1.29, 1.82) is 5.26 Å². The van der Waals surface area contributed by atoms with Crippen LogP contribution in [0.3, 0.4) is 0 Å². The van der Waals surface area contributed by atoms with Crippen LogP contribution in [0.4, 0.5) is 5.69 Å². The van der Waals surface area contributed by atoms with Crippen molar-refractivity contribution in [3.8, 4) is 6.07 Å². The van der Waals surface area contributed by atoms with Gasteiger partial charge in [0, 0.05) is 6.21 Å². The standard InChI is InChI=1S/C15H12N2/c1-12-2-4-14(5-3-12)11-17-15-8-6-13(10-16)7-9-15/h2-9,11H,1H3. The average molecular weight is 220 g/mol. The average Bonchev–Trinajstić information content (AvgIpc) is 2.39. The zero-order valence-corrected chi connectivity index (χ0v) is 9.59. The molecule has 0 aliphatic carbocycles. The molecule has 82 valence electrons. The maximum atomic E-state index is 8.67. The van der Waals surface area contributed by atoms with Gasteiger partial charge in [0.1, 0.15) is 0 Å². The van der Waals surface area contributed by atoms with Crippen molar-refractivity contribution in [2.24, 2.45) is 4.99 Å². The SMILES string of the molecule is Cc1ccc(C=Nc2ccc(C#N)cc2)cc1. The Labute approximate surface area is 101 Å². The van der Waals surface area contributed by atoms with Gasteiger partial charge in [-0.25, -0.2) is 0 Å². The Kier molecular flexibility index (Phi) is 3.32. The van der Waals surface area contributed by atoms with E-state index in [2.05, 4.69) is 30.1 Å². The van der Waals surface area contributed by atoms with Crippen molar-refractivity contribution >= 4 is 11.9 Å². The molecule has 2 nitrogen and oxygen atoms in total. The van der Waals surface area contributed by atoms with E-state index in [-0.39, 0.29) is 0 Å². The zero-order valence-electron chi connectivity index (χ0n) is 9.59. The second kappa shape index (κ2) is 5.09. The van der Waals surface area contributed by atoms with Crippen LogP contribution in [0.15, 0.2) is 53.5 Å². The van der Waals surface area contributed by atoms with E-state index in [9.17, 15) is 0 Å². The first-order valence-electron chi connectivity index (χ1n) is 5.39. The highest BCUT2D eigenvalue weighted by Gasteiger charge is 1.91. The van der Waals surface area contributed by atoms with Crippen LogP contribution >= 0.6 is 0 Å². The van der Waals surface area contributed by atoms with Gasteiger partial charge in [0.05, 0.1) is 17.3 Å². The number of benzene rings is 2. The number of nitriles is 1. The maximum Gasteiger partial charge on any atom is 0.0991 e. The molecular weight excluding hydrogens is 208 g/mol. The second-order valence-electron chi connectivity index (χ2n) is 3.83. The third-order valence-electron chi connectivity index (χ3n) is 2.44. The van der Waals surface area contributed by atoms with Crippen LogP contribution in [0, 0.1) is 18.3 Å². The molecule has 0 fully saturated rings. The largest absolute Gasteiger partial charge is 0.256 e. The minimum Gasteiger partial charge on any atom is -0.256 e. The highest BCUT2D eigenvalue weighted by molar-refractivity contribution is 5.81. The number of hydrogen-bond acceptors (Lipinski definition) is 2. The zero-order chi connectivity index (χ0) is 12.1.